The quantitative estimate of drug-likeness (QED) is 0.819. The standard InChI is InChI=1S/C17H28N2/c1-13-5-6-14(11-16(13)18)12-19-9-7-15(8-10-19)17(2,3)4/h5-6,11,15H,7-10,12,18H2,1-4H3. The van der Waals surface area contributed by atoms with E-state index in [1.165, 1.54) is 37.1 Å². The molecule has 0 saturated carbocycles. The molecule has 2 N–H and O–H groups in total. The van der Waals surface area contributed by atoms with Crippen molar-refractivity contribution in [2.24, 2.45) is 11.3 Å². The van der Waals surface area contributed by atoms with Crippen LogP contribution in [-0.2, 0) is 6.54 Å². The van der Waals surface area contributed by atoms with Crippen LogP contribution in [0.5, 0.6) is 0 Å². The Hall–Kier alpha value is -1.02. The summed E-state index contributed by atoms with van der Waals surface area (Å²) in [4.78, 5) is 2.56. The summed E-state index contributed by atoms with van der Waals surface area (Å²) in [6, 6.07) is 6.47. The molecule has 1 heterocycles. The van der Waals surface area contributed by atoms with Gasteiger partial charge in [-0.1, -0.05) is 32.9 Å². The molecule has 106 valence electrons. The first-order valence-corrected chi connectivity index (χ1v) is 7.43. The summed E-state index contributed by atoms with van der Waals surface area (Å²) in [6.07, 6.45) is 2.65. The zero-order chi connectivity index (χ0) is 14.0. The molecule has 0 unspecified atom stereocenters. The summed E-state index contributed by atoms with van der Waals surface area (Å²) in [5.41, 5.74) is 9.88. The lowest BCUT2D eigenvalue weighted by atomic mass is 9.75. The Kier molecular flexibility index (Phi) is 4.19. The van der Waals surface area contributed by atoms with Gasteiger partial charge in [0.25, 0.3) is 0 Å². The van der Waals surface area contributed by atoms with Gasteiger partial charge in [-0.3, -0.25) is 4.90 Å². The second kappa shape index (κ2) is 5.54. The van der Waals surface area contributed by atoms with Crippen LogP contribution in [-0.4, -0.2) is 18.0 Å². The highest BCUT2D eigenvalue weighted by molar-refractivity contribution is 5.48. The fourth-order valence-electron chi connectivity index (χ4n) is 3.00. The minimum Gasteiger partial charge on any atom is -0.399 e. The maximum Gasteiger partial charge on any atom is 0.0346 e. The molecule has 0 bridgehead atoms. The van der Waals surface area contributed by atoms with Gasteiger partial charge in [0, 0.05) is 12.2 Å². The van der Waals surface area contributed by atoms with Crippen molar-refractivity contribution >= 4 is 5.69 Å². The zero-order valence-corrected chi connectivity index (χ0v) is 12.9. The topological polar surface area (TPSA) is 29.3 Å². The molecule has 2 heteroatoms. The average Bonchev–Trinajstić information content (AvgIpc) is 2.33. The smallest absolute Gasteiger partial charge is 0.0346 e. The molecule has 1 aromatic rings. The van der Waals surface area contributed by atoms with Gasteiger partial charge in [-0.05, 0) is 61.4 Å². The maximum absolute atomic E-state index is 5.99. The number of anilines is 1. The number of benzene rings is 1. The maximum atomic E-state index is 5.99. The van der Waals surface area contributed by atoms with E-state index >= 15 is 0 Å². The first kappa shape index (κ1) is 14.4. The van der Waals surface area contributed by atoms with Crippen LogP contribution in [0.15, 0.2) is 18.2 Å². The molecule has 2 rings (SSSR count). The second-order valence-electron chi connectivity index (χ2n) is 7.11. The Morgan fingerprint density at radius 3 is 2.37 bits per heavy atom. The van der Waals surface area contributed by atoms with Gasteiger partial charge in [-0.15, -0.1) is 0 Å². The lowest BCUT2D eigenvalue weighted by molar-refractivity contribution is 0.108. The van der Waals surface area contributed by atoms with Crippen LogP contribution in [0.4, 0.5) is 5.69 Å². The normalized spacial score (nSPS) is 18.7. The number of hydrogen-bond acceptors (Lipinski definition) is 2. The Morgan fingerprint density at radius 2 is 1.84 bits per heavy atom. The highest BCUT2D eigenvalue weighted by atomic mass is 15.1. The van der Waals surface area contributed by atoms with E-state index in [1.54, 1.807) is 0 Å². The minimum absolute atomic E-state index is 0.459. The van der Waals surface area contributed by atoms with Crippen LogP contribution in [0, 0.1) is 18.3 Å². The Bertz CT molecular complexity index is 423. The molecular formula is C17H28N2. The number of nitrogens with zero attached hydrogens (tertiary/aromatic N) is 1. The molecular weight excluding hydrogens is 232 g/mol. The molecule has 0 atom stereocenters. The predicted octanol–water partition coefficient (Wildman–Crippen LogP) is 3.84. The van der Waals surface area contributed by atoms with Gasteiger partial charge in [0.05, 0.1) is 0 Å². The lowest BCUT2D eigenvalue weighted by Crippen LogP contribution is -2.37. The molecule has 19 heavy (non-hydrogen) atoms. The first-order valence-electron chi connectivity index (χ1n) is 7.43. The van der Waals surface area contributed by atoms with E-state index in [0.717, 1.165) is 18.2 Å². The predicted molar refractivity (Wildman–Crippen MR) is 83.0 cm³/mol. The highest BCUT2D eigenvalue weighted by Crippen LogP contribution is 2.34. The van der Waals surface area contributed by atoms with Crippen molar-refractivity contribution in [3.63, 3.8) is 0 Å². The van der Waals surface area contributed by atoms with Crippen molar-refractivity contribution in [1.82, 2.24) is 4.90 Å². The summed E-state index contributed by atoms with van der Waals surface area (Å²) >= 11 is 0. The molecule has 1 fully saturated rings. The number of nitrogen functional groups attached to an aromatic ring is 1. The summed E-state index contributed by atoms with van der Waals surface area (Å²) < 4.78 is 0. The first-order chi connectivity index (χ1) is 8.86. The molecule has 1 aromatic carbocycles. The summed E-state index contributed by atoms with van der Waals surface area (Å²) in [5.74, 6) is 0.867. The average molecular weight is 260 g/mol. The molecule has 0 aromatic heterocycles. The molecule has 1 saturated heterocycles. The summed E-state index contributed by atoms with van der Waals surface area (Å²) in [6.45, 7) is 12.6. The zero-order valence-electron chi connectivity index (χ0n) is 12.9. The van der Waals surface area contributed by atoms with Gasteiger partial charge >= 0.3 is 0 Å². The second-order valence-corrected chi connectivity index (χ2v) is 7.11. The largest absolute Gasteiger partial charge is 0.399 e. The van der Waals surface area contributed by atoms with E-state index < -0.39 is 0 Å². The van der Waals surface area contributed by atoms with Crippen LogP contribution < -0.4 is 5.73 Å². The van der Waals surface area contributed by atoms with Gasteiger partial charge in [-0.2, -0.15) is 0 Å². The van der Waals surface area contributed by atoms with E-state index in [9.17, 15) is 0 Å². The Labute approximate surface area is 118 Å². The third kappa shape index (κ3) is 3.73. The minimum atomic E-state index is 0.459. The van der Waals surface area contributed by atoms with Crippen molar-refractivity contribution in [1.29, 1.82) is 0 Å². The molecule has 1 aliphatic heterocycles. The van der Waals surface area contributed by atoms with Crippen molar-refractivity contribution < 1.29 is 0 Å². The number of likely N-dealkylation sites (tertiary alicyclic amines) is 1. The van der Waals surface area contributed by atoms with Crippen molar-refractivity contribution in [3.05, 3.63) is 29.3 Å². The number of rotatable bonds is 2. The third-order valence-electron chi connectivity index (χ3n) is 4.56. The fraction of sp³-hybridized carbons (Fsp3) is 0.647. The van der Waals surface area contributed by atoms with Crippen molar-refractivity contribution in [2.45, 2.75) is 47.1 Å². The van der Waals surface area contributed by atoms with Crippen LogP contribution in [0.1, 0.15) is 44.7 Å². The van der Waals surface area contributed by atoms with Crippen molar-refractivity contribution in [2.75, 3.05) is 18.8 Å². The molecule has 0 aliphatic carbocycles. The Morgan fingerprint density at radius 1 is 1.21 bits per heavy atom. The summed E-state index contributed by atoms with van der Waals surface area (Å²) in [7, 11) is 0. The molecule has 1 aliphatic rings. The van der Waals surface area contributed by atoms with Crippen LogP contribution in [0.25, 0.3) is 0 Å². The fourth-order valence-corrected chi connectivity index (χ4v) is 3.00. The highest BCUT2D eigenvalue weighted by Gasteiger charge is 2.28. The molecule has 0 spiro atoms. The number of hydrogen-bond donors (Lipinski definition) is 1. The van der Waals surface area contributed by atoms with E-state index in [4.69, 9.17) is 5.73 Å². The number of piperidine rings is 1. The number of nitrogens with two attached hydrogens (primary N) is 1. The molecule has 0 radical (unpaired) electrons. The SMILES string of the molecule is Cc1ccc(CN2CCC(C(C)(C)C)CC2)cc1N. The van der Waals surface area contributed by atoms with Gasteiger partial charge in [-0.25, -0.2) is 0 Å². The van der Waals surface area contributed by atoms with Crippen molar-refractivity contribution in [3.8, 4) is 0 Å². The van der Waals surface area contributed by atoms with E-state index in [0.29, 0.717) is 5.41 Å². The van der Waals surface area contributed by atoms with Crippen LogP contribution >= 0.6 is 0 Å². The van der Waals surface area contributed by atoms with Gasteiger partial charge in [0.1, 0.15) is 0 Å². The number of aryl methyl sites for hydroxylation is 1. The van der Waals surface area contributed by atoms with E-state index in [2.05, 4.69) is 50.8 Å². The van der Waals surface area contributed by atoms with E-state index in [-0.39, 0.29) is 0 Å². The molecule has 2 nitrogen and oxygen atoms in total. The van der Waals surface area contributed by atoms with Crippen LogP contribution in [0.3, 0.4) is 0 Å². The van der Waals surface area contributed by atoms with Gasteiger partial charge in [0.2, 0.25) is 0 Å². The van der Waals surface area contributed by atoms with Gasteiger partial charge < -0.3 is 5.73 Å². The lowest BCUT2D eigenvalue weighted by Gasteiger charge is -2.38. The molecule has 0 amide bonds. The van der Waals surface area contributed by atoms with E-state index in [1.807, 2.05) is 0 Å². The van der Waals surface area contributed by atoms with Gasteiger partial charge in [0.15, 0.2) is 0 Å². The van der Waals surface area contributed by atoms with Crippen LogP contribution in [0.2, 0.25) is 0 Å². The monoisotopic (exact) mass is 260 g/mol. The summed E-state index contributed by atoms with van der Waals surface area (Å²) in [5, 5.41) is 0. The third-order valence-corrected chi connectivity index (χ3v) is 4.56. The Balaban J connectivity index is 1.90.